The third-order valence-corrected chi connectivity index (χ3v) is 3.33. The molecule has 2 N–H and O–H groups in total. The van der Waals surface area contributed by atoms with Crippen molar-refractivity contribution >= 4 is 12.0 Å². The molecule has 19 heavy (non-hydrogen) atoms. The molecule has 1 fully saturated rings. The Morgan fingerprint density at radius 2 is 2.16 bits per heavy atom. The molecule has 1 amide bonds. The van der Waals surface area contributed by atoms with E-state index in [1.807, 2.05) is 0 Å². The van der Waals surface area contributed by atoms with Crippen LogP contribution in [0.4, 0.5) is 4.39 Å². The van der Waals surface area contributed by atoms with Crippen LogP contribution in [0.1, 0.15) is 31.2 Å². The number of benzene rings is 1. The van der Waals surface area contributed by atoms with E-state index in [2.05, 4.69) is 5.32 Å². The number of carbonyl (C=O) groups excluding carboxylic acids is 1. The summed E-state index contributed by atoms with van der Waals surface area (Å²) in [6, 6.07) is 5.87. The fourth-order valence-electron chi connectivity index (χ4n) is 2.29. The molecule has 1 aromatic carbocycles. The van der Waals surface area contributed by atoms with Gasteiger partial charge in [0.15, 0.2) is 0 Å². The van der Waals surface area contributed by atoms with Crippen LogP contribution in [0.25, 0.3) is 6.08 Å². The highest BCUT2D eigenvalue weighted by Gasteiger charge is 2.23. The number of aliphatic hydroxyl groups is 1. The van der Waals surface area contributed by atoms with Crippen molar-refractivity contribution in [3.63, 3.8) is 0 Å². The second kappa shape index (κ2) is 6.48. The summed E-state index contributed by atoms with van der Waals surface area (Å²) >= 11 is 0. The normalized spacial score (nSPS) is 23.5. The first-order valence-electron chi connectivity index (χ1n) is 6.57. The first-order valence-corrected chi connectivity index (χ1v) is 6.57. The van der Waals surface area contributed by atoms with Gasteiger partial charge < -0.3 is 10.4 Å². The lowest BCUT2D eigenvalue weighted by molar-refractivity contribution is -0.118. The van der Waals surface area contributed by atoms with E-state index in [-0.39, 0.29) is 17.8 Å². The number of hydrogen-bond donors (Lipinski definition) is 2. The van der Waals surface area contributed by atoms with Gasteiger partial charge in [-0.25, -0.2) is 4.39 Å². The Morgan fingerprint density at radius 1 is 1.37 bits per heavy atom. The molecule has 0 radical (unpaired) electrons. The van der Waals surface area contributed by atoms with Gasteiger partial charge in [0.05, 0.1) is 12.1 Å². The van der Waals surface area contributed by atoms with Crippen molar-refractivity contribution < 1.29 is 14.3 Å². The van der Waals surface area contributed by atoms with Gasteiger partial charge in [-0.05, 0) is 36.6 Å². The Morgan fingerprint density at radius 3 is 2.89 bits per heavy atom. The molecular weight excluding hydrogens is 245 g/mol. The van der Waals surface area contributed by atoms with Gasteiger partial charge in [0.25, 0.3) is 0 Å². The number of aliphatic hydroxyl groups excluding tert-OH is 1. The van der Waals surface area contributed by atoms with Crippen LogP contribution < -0.4 is 5.32 Å². The molecule has 0 spiro atoms. The standard InChI is InChI=1S/C15H18FNO2/c16-12-5-3-4-11(10-12)8-9-15(19)17-13-6-1-2-7-14(13)18/h3-5,8-10,13-14,18H,1-2,6-7H2,(H,17,19)/b9-8+. The molecule has 3 nitrogen and oxygen atoms in total. The van der Waals surface area contributed by atoms with E-state index < -0.39 is 6.10 Å². The van der Waals surface area contributed by atoms with E-state index in [1.165, 1.54) is 18.2 Å². The maximum Gasteiger partial charge on any atom is 0.244 e. The molecule has 0 heterocycles. The Bertz CT molecular complexity index is 473. The molecule has 0 aromatic heterocycles. The zero-order valence-corrected chi connectivity index (χ0v) is 10.7. The Balaban J connectivity index is 1.90. The quantitative estimate of drug-likeness (QED) is 0.822. The maximum atomic E-state index is 12.9. The van der Waals surface area contributed by atoms with Crippen LogP contribution in [-0.2, 0) is 4.79 Å². The van der Waals surface area contributed by atoms with Gasteiger partial charge >= 0.3 is 0 Å². The number of hydrogen-bond acceptors (Lipinski definition) is 2. The SMILES string of the molecule is O=C(/C=C/c1cccc(F)c1)NC1CCCCC1O. The molecular formula is C15H18FNO2. The molecule has 0 saturated heterocycles. The molecule has 4 heteroatoms. The van der Waals surface area contributed by atoms with Gasteiger partial charge in [-0.2, -0.15) is 0 Å². The van der Waals surface area contributed by atoms with Crippen molar-refractivity contribution in [2.75, 3.05) is 0 Å². The summed E-state index contributed by atoms with van der Waals surface area (Å²) in [5.41, 5.74) is 0.638. The van der Waals surface area contributed by atoms with Gasteiger partial charge in [-0.1, -0.05) is 25.0 Å². The first-order chi connectivity index (χ1) is 9.15. The predicted molar refractivity (Wildman–Crippen MR) is 71.8 cm³/mol. The van der Waals surface area contributed by atoms with Crippen LogP contribution in [0, 0.1) is 5.82 Å². The van der Waals surface area contributed by atoms with Crippen LogP contribution in [0.15, 0.2) is 30.3 Å². The average molecular weight is 263 g/mol. The van der Waals surface area contributed by atoms with Gasteiger partial charge in [0.1, 0.15) is 5.82 Å². The lowest BCUT2D eigenvalue weighted by Crippen LogP contribution is -2.44. The van der Waals surface area contributed by atoms with Crippen LogP contribution in [0.3, 0.4) is 0 Å². The zero-order chi connectivity index (χ0) is 13.7. The summed E-state index contributed by atoms with van der Waals surface area (Å²) in [6.45, 7) is 0. The van der Waals surface area contributed by atoms with E-state index in [1.54, 1.807) is 18.2 Å². The van der Waals surface area contributed by atoms with Crippen LogP contribution in [0.2, 0.25) is 0 Å². The summed E-state index contributed by atoms with van der Waals surface area (Å²) in [4.78, 5) is 11.7. The van der Waals surface area contributed by atoms with E-state index in [4.69, 9.17) is 0 Å². The highest BCUT2D eigenvalue weighted by Crippen LogP contribution is 2.18. The van der Waals surface area contributed by atoms with Crippen LogP contribution in [-0.4, -0.2) is 23.2 Å². The molecule has 1 aliphatic rings. The number of nitrogens with one attached hydrogen (secondary N) is 1. The summed E-state index contributed by atoms with van der Waals surface area (Å²) in [5, 5.41) is 12.5. The van der Waals surface area contributed by atoms with Crippen molar-refractivity contribution in [2.45, 2.75) is 37.8 Å². The van der Waals surface area contributed by atoms with E-state index in [0.717, 1.165) is 25.7 Å². The van der Waals surface area contributed by atoms with Crippen molar-refractivity contribution in [1.82, 2.24) is 5.32 Å². The molecule has 2 unspecified atom stereocenters. The van der Waals surface area contributed by atoms with Gasteiger partial charge in [-0.3, -0.25) is 4.79 Å². The predicted octanol–water partition coefficient (Wildman–Crippen LogP) is 2.26. The third-order valence-electron chi connectivity index (χ3n) is 3.33. The third kappa shape index (κ3) is 4.17. The Hall–Kier alpha value is -1.68. The monoisotopic (exact) mass is 263 g/mol. The minimum absolute atomic E-state index is 0.168. The average Bonchev–Trinajstić information content (AvgIpc) is 2.39. The smallest absolute Gasteiger partial charge is 0.244 e. The summed E-state index contributed by atoms with van der Waals surface area (Å²) in [6.07, 6.45) is 6.05. The maximum absolute atomic E-state index is 12.9. The fraction of sp³-hybridized carbons (Fsp3) is 0.400. The number of carbonyl (C=O) groups is 1. The number of amides is 1. The van der Waals surface area contributed by atoms with Gasteiger partial charge in [0, 0.05) is 6.08 Å². The fourth-order valence-corrected chi connectivity index (χ4v) is 2.29. The van der Waals surface area contributed by atoms with Crippen LogP contribution >= 0.6 is 0 Å². The molecule has 0 bridgehead atoms. The van der Waals surface area contributed by atoms with Gasteiger partial charge in [-0.15, -0.1) is 0 Å². The summed E-state index contributed by atoms with van der Waals surface area (Å²) in [7, 11) is 0. The lowest BCUT2D eigenvalue weighted by Gasteiger charge is -2.27. The topological polar surface area (TPSA) is 49.3 Å². The van der Waals surface area contributed by atoms with Gasteiger partial charge in [0.2, 0.25) is 5.91 Å². The minimum atomic E-state index is -0.458. The Labute approximate surface area is 112 Å². The zero-order valence-electron chi connectivity index (χ0n) is 10.7. The lowest BCUT2D eigenvalue weighted by atomic mass is 9.92. The molecule has 1 aliphatic carbocycles. The summed E-state index contributed by atoms with van der Waals surface area (Å²) in [5.74, 6) is -0.583. The second-order valence-corrected chi connectivity index (χ2v) is 4.86. The summed E-state index contributed by atoms with van der Waals surface area (Å²) < 4.78 is 12.9. The largest absolute Gasteiger partial charge is 0.391 e. The second-order valence-electron chi connectivity index (χ2n) is 4.86. The molecule has 102 valence electrons. The molecule has 0 aliphatic heterocycles. The highest BCUT2D eigenvalue weighted by molar-refractivity contribution is 5.91. The number of halogens is 1. The number of rotatable bonds is 3. The van der Waals surface area contributed by atoms with Crippen molar-refractivity contribution in [3.05, 3.63) is 41.7 Å². The van der Waals surface area contributed by atoms with Crippen molar-refractivity contribution in [1.29, 1.82) is 0 Å². The van der Waals surface area contributed by atoms with E-state index in [9.17, 15) is 14.3 Å². The molecule has 2 atom stereocenters. The van der Waals surface area contributed by atoms with E-state index >= 15 is 0 Å². The first kappa shape index (κ1) is 13.7. The van der Waals surface area contributed by atoms with Crippen molar-refractivity contribution in [3.8, 4) is 0 Å². The molecule has 2 rings (SSSR count). The van der Waals surface area contributed by atoms with E-state index in [0.29, 0.717) is 5.56 Å². The molecule has 1 saturated carbocycles. The highest BCUT2D eigenvalue weighted by atomic mass is 19.1. The molecule has 1 aromatic rings. The Kier molecular flexibility index (Phi) is 4.68. The van der Waals surface area contributed by atoms with Crippen molar-refractivity contribution in [2.24, 2.45) is 0 Å². The van der Waals surface area contributed by atoms with Crippen LogP contribution in [0.5, 0.6) is 0 Å². The minimum Gasteiger partial charge on any atom is -0.391 e.